The van der Waals surface area contributed by atoms with Gasteiger partial charge in [-0.3, -0.25) is 4.57 Å². The first-order chi connectivity index (χ1) is 11.0. The van der Waals surface area contributed by atoms with Gasteiger partial charge >= 0.3 is 13.6 Å². The molecule has 0 rings (SSSR count). The van der Waals surface area contributed by atoms with Crippen molar-refractivity contribution in [3.63, 3.8) is 0 Å². The van der Waals surface area contributed by atoms with Gasteiger partial charge in [0.05, 0.1) is 53.9 Å². The van der Waals surface area contributed by atoms with E-state index >= 15 is 0 Å². The number of quaternary nitrogens is 2. The normalized spacial score (nSPS) is 12.0. The maximum absolute atomic E-state index is 11.1. The topological polar surface area (TPSA) is 124 Å². The number of hydrogen-bond acceptors (Lipinski definition) is 5. The quantitative estimate of drug-likeness (QED) is 0.222. The van der Waals surface area contributed by atoms with Gasteiger partial charge in [0.2, 0.25) is 0 Å². The van der Waals surface area contributed by atoms with Gasteiger partial charge in [-0.25, -0.2) is 4.79 Å². The molecule has 0 atom stereocenters. The van der Waals surface area contributed by atoms with Crippen molar-refractivity contribution < 1.29 is 42.8 Å². The molecular weight excluding hydrogens is 351 g/mol. The van der Waals surface area contributed by atoms with E-state index in [0.29, 0.717) is 27.6 Å². The Kier molecular flexibility index (Phi) is 11.1. The zero-order valence-electron chi connectivity index (χ0n) is 16.0. The Morgan fingerprint density at radius 1 is 1.12 bits per heavy atom. The molecule has 0 aromatic carbocycles. The van der Waals surface area contributed by atoms with Crippen LogP contribution >= 0.6 is 7.60 Å². The standard InChI is InChI=1S/C10H20NO5P.C5H11NO2/c1-9(2)10(12)16-7-5-11(3,4)6-8-17(13,14)15;1-6(2,3)4-5(7)8/h1,5-8H2,2-4H3,(H-,13,14,15);4H2,1-3H3/p+1. The van der Waals surface area contributed by atoms with Crippen molar-refractivity contribution in [1.82, 2.24) is 0 Å². The molecule has 0 heterocycles. The Morgan fingerprint density at radius 3 is 1.88 bits per heavy atom. The molecule has 148 valence electrons. The summed E-state index contributed by atoms with van der Waals surface area (Å²) in [7, 11) is 5.09. The van der Waals surface area contributed by atoms with Gasteiger partial charge in [-0.1, -0.05) is 6.58 Å². The van der Waals surface area contributed by atoms with Crippen LogP contribution in [0.4, 0.5) is 0 Å². The minimum absolute atomic E-state index is 0.0694. The lowest BCUT2D eigenvalue weighted by molar-refractivity contribution is -0.888. The molecule has 0 aliphatic rings. The van der Waals surface area contributed by atoms with Crippen LogP contribution < -0.4 is 5.11 Å². The monoisotopic (exact) mass is 383 g/mol. The zero-order valence-corrected chi connectivity index (χ0v) is 16.9. The lowest BCUT2D eigenvalue weighted by Gasteiger charge is -2.29. The van der Waals surface area contributed by atoms with Crippen LogP contribution in [-0.4, -0.2) is 98.3 Å². The summed E-state index contributed by atoms with van der Waals surface area (Å²) in [4.78, 5) is 38.5. The molecule has 0 fully saturated rings. The average Bonchev–Trinajstić information content (AvgIpc) is 2.33. The summed E-state index contributed by atoms with van der Waals surface area (Å²) >= 11 is 0. The number of ether oxygens (including phenoxy) is 1. The van der Waals surface area contributed by atoms with Crippen molar-refractivity contribution in [2.24, 2.45) is 0 Å². The van der Waals surface area contributed by atoms with E-state index in [2.05, 4.69) is 6.58 Å². The summed E-state index contributed by atoms with van der Waals surface area (Å²) in [5.41, 5.74) is 0.338. The fourth-order valence-electron chi connectivity index (χ4n) is 1.41. The highest BCUT2D eigenvalue weighted by Crippen LogP contribution is 2.34. The molecular formula is C15H32N2O7P+. The maximum Gasteiger partial charge on any atom is 0.333 e. The number of likely N-dealkylation sites (N-methyl/N-ethyl adjacent to an activating group) is 2. The molecule has 10 heteroatoms. The van der Waals surface area contributed by atoms with E-state index in [-0.39, 0.29) is 19.3 Å². The number of carbonyl (C=O) groups excluding carboxylic acids is 2. The second-order valence-corrected chi connectivity index (χ2v) is 9.28. The molecule has 0 saturated carbocycles. The highest BCUT2D eigenvalue weighted by molar-refractivity contribution is 7.51. The number of esters is 1. The Morgan fingerprint density at radius 2 is 1.60 bits per heavy atom. The maximum atomic E-state index is 11.1. The van der Waals surface area contributed by atoms with Crippen molar-refractivity contribution in [2.75, 3.05) is 67.6 Å². The Balaban J connectivity index is 0. The number of rotatable bonds is 9. The molecule has 9 nitrogen and oxygen atoms in total. The number of hydrogen-bond donors (Lipinski definition) is 2. The minimum Gasteiger partial charge on any atom is -0.544 e. The van der Waals surface area contributed by atoms with Crippen LogP contribution in [0.15, 0.2) is 12.2 Å². The molecule has 0 unspecified atom stereocenters. The number of carboxylic acid groups (broad SMARTS) is 1. The van der Waals surface area contributed by atoms with Gasteiger partial charge in [0.15, 0.2) is 0 Å². The summed E-state index contributed by atoms with van der Waals surface area (Å²) in [6.07, 6.45) is -0.172. The van der Waals surface area contributed by atoms with Crippen LogP contribution in [-0.2, 0) is 18.9 Å². The van der Waals surface area contributed by atoms with Gasteiger partial charge in [0.1, 0.15) is 19.7 Å². The highest BCUT2D eigenvalue weighted by Gasteiger charge is 2.22. The van der Waals surface area contributed by atoms with Crippen LogP contribution in [0, 0.1) is 0 Å². The molecule has 0 radical (unpaired) electrons. The van der Waals surface area contributed by atoms with Gasteiger partial charge in [-0.2, -0.15) is 0 Å². The van der Waals surface area contributed by atoms with Gasteiger partial charge < -0.3 is 33.4 Å². The van der Waals surface area contributed by atoms with Gasteiger partial charge in [-0.05, 0) is 6.92 Å². The van der Waals surface area contributed by atoms with Crippen LogP contribution in [0.1, 0.15) is 6.92 Å². The van der Waals surface area contributed by atoms with Gasteiger partial charge in [-0.15, -0.1) is 0 Å². The SMILES string of the molecule is C=C(C)C(=O)OCC[N+](C)(C)CCP(=O)(O)O.C[N+](C)(C)CC(=O)[O-]. The molecule has 25 heavy (non-hydrogen) atoms. The van der Waals surface area contributed by atoms with E-state index in [4.69, 9.17) is 14.5 Å². The second-order valence-electron chi connectivity index (χ2n) is 7.51. The van der Waals surface area contributed by atoms with Gasteiger partial charge in [0.25, 0.3) is 0 Å². The first-order valence-corrected chi connectivity index (χ1v) is 9.44. The number of carboxylic acids is 1. The lowest BCUT2D eigenvalue weighted by Crippen LogP contribution is -2.45. The fraction of sp³-hybridized carbons (Fsp3) is 0.733. The first kappa shape index (κ1) is 26.0. The molecule has 0 aliphatic carbocycles. The number of nitrogens with zero attached hydrogens (tertiary/aromatic N) is 2. The summed E-state index contributed by atoms with van der Waals surface area (Å²) in [6.45, 7) is 6.13. The third kappa shape index (κ3) is 20.7. The predicted molar refractivity (Wildman–Crippen MR) is 92.4 cm³/mol. The molecule has 0 amide bonds. The van der Waals surface area contributed by atoms with Crippen molar-refractivity contribution in [2.45, 2.75) is 6.92 Å². The second kappa shape index (κ2) is 10.7. The summed E-state index contributed by atoms with van der Waals surface area (Å²) in [5, 5.41) is 9.89. The van der Waals surface area contributed by atoms with Crippen LogP contribution in [0.2, 0.25) is 0 Å². The molecule has 2 N–H and O–H groups in total. The third-order valence-electron chi connectivity index (χ3n) is 2.88. The smallest absolute Gasteiger partial charge is 0.333 e. The average molecular weight is 383 g/mol. The van der Waals surface area contributed by atoms with E-state index in [1.54, 1.807) is 28.1 Å². The van der Waals surface area contributed by atoms with E-state index < -0.39 is 19.5 Å². The number of carbonyl (C=O) groups is 2. The minimum atomic E-state index is -3.97. The molecule has 0 aromatic rings. The van der Waals surface area contributed by atoms with Crippen molar-refractivity contribution in [3.05, 3.63) is 12.2 Å². The van der Waals surface area contributed by atoms with Crippen LogP contribution in [0.3, 0.4) is 0 Å². The Hall–Kier alpha value is -1.25. The largest absolute Gasteiger partial charge is 0.544 e. The predicted octanol–water partition coefficient (Wildman–Crippen LogP) is -1.20. The van der Waals surface area contributed by atoms with E-state index in [9.17, 15) is 19.3 Å². The van der Waals surface area contributed by atoms with E-state index in [1.165, 1.54) is 0 Å². The summed E-state index contributed by atoms with van der Waals surface area (Å²) in [5.74, 6) is -1.45. The first-order valence-electron chi connectivity index (χ1n) is 7.65. The van der Waals surface area contributed by atoms with Gasteiger partial charge in [0, 0.05) is 5.57 Å². The lowest BCUT2D eigenvalue weighted by atomic mass is 10.4. The summed E-state index contributed by atoms with van der Waals surface area (Å²) in [6, 6.07) is 0. The van der Waals surface area contributed by atoms with E-state index in [0.717, 1.165) is 0 Å². The molecule has 0 saturated heterocycles. The van der Waals surface area contributed by atoms with Crippen LogP contribution in [0.25, 0.3) is 0 Å². The van der Waals surface area contributed by atoms with Crippen molar-refractivity contribution in [1.29, 1.82) is 0 Å². The van der Waals surface area contributed by atoms with Crippen molar-refractivity contribution >= 4 is 19.5 Å². The Bertz CT molecular complexity index is 506. The third-order valence-corrected chi connectivity index (χ3v) is 3.66. The summed E-state index contributed by atoms with van der Waals surface area (Å²) < 4.78 is 16.5. The molecule has 0 aliphatic heterocycles. The molecule has 0 aromatic heterocycles. The fourth-order valence-corrected chi connectivity index (χ4v) is 2.21. The molecule has 0 bridgehead atoms. The highest BCUT2D eigenvalue weighted by atomic mass is 31.2. The Labute approximate surface area is 149 Å². The molecule has 0 spiro atoms. The van der Waals surface area contributed by atoms with E-state index in [1.807, 2.05) is 14.1 Å². The number of aliphatic carboxylic acids is 1. The van der Waals surface area contributed by atoms with Crippen LogP contribution in [0.5, 0.6) is 0 Å². The van der Waals surface area contributed by atoms with Crippen molar-refractivity contribution in [3.8, 4) is 0 Å². The zero-order chi connectivity index (χ0) is 20.5.